The van der Waals surface area contributed by atoms with Crippen LogP contribution in [0.15, 0.2) is 64.1 Å². The fourth-order valence-corrected chi connectivity index (χ4v) is 6.69. The number of ether oxygens (including phenoxy) is 2. The van der Waals surface area contributed by atoms with E-state index in [0.717, 1.165) is 24.5 Å². The molecule has 2 aromatic carbocycles. The van der Waals surface area contributed by atoms with Gasteiger partial charge < -0.3 is 19.3 Å². The largest absolute Gasteiger partial charge is 0.379 e. The van der Waals surface area contributed by atoms with E-state index in [4.69, 9.17) is 14.5 Å². The second-order valence-electron chi connectivity index (χ2n) is 9.80. The quantitative estimate of drug-likeness (QED) is 0.573. The number of fused-ring (bicyclic) bond motifs is 1. The minimum atomic E-state index is -3.62. The lowest BCUT2D eigenvalue weighted by Crippen LogP contribution is -2.40. The first kappa shape index (κ1) is 25.0. The molecule has 192 valence electrons. The molecule has 3 heterocycles. The Kier molecular flexibility index (Phi) is 6.91. The number of aliphatic imine (C=N–C) groups is 1. The van der Waals surface area contributed by atoms with Crippen molar-refractivity contribution in [3.05, 3.63) is 59.8 Å². The highest BCUT2D eigenvalue weighted by molar-refractivity contribution is 7.89. The van der Waals surface area contributed by atoms with Gasteiger partial charge in [0.15, 0.2) is 0 Å². The molecule has 0 bridgehead atoms. The van der Waals surface area contributed by atoms with Gasteiger partial charge in [-0.1, -0.05) is 32.0 Å². The van der Waals surface area contributed by atoms with Gasteiger partial charge in [0.25, 0.3) is 0 Å². The van der Waals surface area contributed by atoms with Crippen molar-refractivity contribution >= 4 is 33.3 Å². The lowest BCUT2D eigenvalue weighted by Gasteiger charge is -2.30. The number of allylic oxidation sites excluding steroid dienone is 2. The fourth-order valence-electron chi connectivity index (χ4n) is 5.26. The van der Waals surface area contributed by atoms with E-state index in [2.05, 4.69) is 55.0 Å². The van der Waals surface area contributed by atoms with Gasteiger partial charge in [-0.3, -0.25) is 4.99 Å². The number of hydrogen-bond acceptors (Lipinski definition) is 7. The first-order chi connectivity index (χ1) is 17.3. The first-order valence-corrected chi connectivity index (χ1v) is 13.9. The monoisotopic (exact) mass is 510 g/mol. The van der Waals surface area contributed by atoms with Crippen LogP contribution in [-0.2, 0) is 24.9 Å². The number of hydrogen-bond donors (Lipinski definition) is 0. The van der Waals surface area contributed by atoms with Gasteiger partial charge in [-0.25, -0.2) is 8.42 Å². The van der Waals surface area contributed by atoms with Crippen LogP contribution in [0.3, 0.4) is 0 Å². The van der Waals surface area contributed by atoms with Crippen molar-refractivity contribution in [3.63, 3.8) is 0 Å². The van der Waals surface area contributed by atoms with Crippen LogP contribution in [-0.4, -0.2) is 78.6 Å². The molecule has 0 N–H and O–H groups in total. The third-order valence-corrected chi connectivity index (χ3v) is 9.19. The molecule has 3 aliphatic rings. The summed E-state index contributed by atoms with van der Waals surface area (Å²) in [5, 5.41) is 0. The zero-order valence-corrected chi connectivity index (χ0v) is 22.0. The first-order valence-electron chi connectivity index (χ1n) is 12.4. The Morgan fingerprint density at radius 1 is 0.917 bits per heavy atom. The lowest BCUT2D eigenvalue weighted by atomic mass is 9.84. The molecule has 2 fully saturated rings. The van der Waals surface area contributed by atoms with Crippen molar-refractivity contribution in [2.45, 2.75) is 24.2 Å². The average molecular weight is 511 g/mol. The zero-order chi connectivity index (χ0) is 25.3. The highest BCUT2D eigenvalue weighted by Crippen LogP contribution is 2.46. The number of para-hydroxylation sites is 1. The predicted molar refractivity (Wildman–Crippen MR) is 143 cm³/mol. The molecule has 0 amide bonds. The van der Waals surface area contributed by atoms with Crippen LogP contribution in [0.5, 0.6) is 0 Å². The number of anilines is 2. The molecule has 3 aliphatic heterocycles. The van der Waals surface area contributed by atoms with Gasteiger partial charge in [-0.15, -0.1) is 0 Å². The summed E-state index contributed by atoms with van der Waals surface area (Å²) in [7, 11) is -1.55. The van der Waals surface area contributed by atoms with E-state index < -0.39 is 10.0 Å². The summed E-state index contributed by atoms with van der Waals surface area (Å²) in [5.41, 5.74) is 4.99. The molecule has 36 heavy (non-hydrogen) atoms. The van der Waals surface area contributed by atoms with Crippen LogP contribution in [0, 0.1) is 0 Å². The Bertz CT molecular complexity index is 1280. The molecule has 2 saturated heterocycles. The number of morpholine rings is 2. The SMILES string of the molecule is CN1/C(=C\C=Nc2cc(S(=O)(=O)N3CCOCC3)ccc2N2CCOCC2)C(C)(C)c2ccccc21. The fraction of sp³-hybridized carbons (Fsp3) is 0.444. The van der Waals surface area contributed by atoms with E-state index in [0.29, 0.717) is 45.2 Å². The van der Waals surface area contributed by atoms with E-state index >= 15 is 0 Å². The summed E-state index contributed by atoms with van der Waals surface area (Å²) in [6, 6.07) is 13.7. The maximum Gasteiger partial charge on any atom is 0.243 e. The summed E-state index contributed by atoms with van der Waals surface area (Å²) in [5.74, 6) is 0. The smallest absolute Gasteiger partial charge is 0.243 e. The van der Waals surface area contributed by atoms with Crippen molar-refractivity contribution in [1.29, 1.82) is 0 Å². The Hall–Kier alpha value is -2.72. The summed E-state index contributed by atoms with van der Waals surface area (Å²) in [4.78, 5) is 9.47. The topological polar surface area (TPSA) is 74.7 Å². The Morgan fingerprint density at radius 3 is 2.28 bits per heavy atom. The highest BCUT2D eigenvalue weighted by Gasteiger charge is 2.37. The van der Waals surface area contributed by atoms with Crippen molar-refractivity contribution < 1.29 is 17.9 Å². The second kappa shape index (κ2) is 9.97. The maximum atomic E-state index is 13.3. The Labute approximate surface area is 213 Å². The van der Waals surface area contributed by atoms with Gasteiger partial charge in [-0.05, 0) is 35.9 Å². The molecular weight excluding hydrogens is 476 g/mol. The second-order valence-corrected chi connectivity index (χ2v) is 11.7. The Balaban J connectivity index is 1.50. The number of nitrogens with zero attached hydrogens (tertiary/aromatic N) is 4. The van der Waals surface area contributed by atoms with E-state index in [9.17, 15) is 8.42 Å². The number of likely N-dealkylation sites (N-methyl/N-ethyl adjacent to an activating group) is 1. The van der Waals surface area contributed by atoms with Gasteiger partial charge in [0.1, 0.15) is 0 Å². The van der Waals surface area contributed by atoms with Crippen LogP contribution in [0.4, 0.5) is 17.1 Å². The molecule has 0 saturated carbocycles. The van der Waals surface area contributed by atoms with Gasteiger partial charge in [0.05, 0.1) is 42.7 Å². The molecular formula is C27H34N4O4S. The molecule has 0 aliphatic carbocycles. The number of rotatable bonds is 5. The third kappa shape index (κ3) is 4.56. The minimum absolute atomic E-state index is 0.161. The van der Waals surface area contributed by atoms with Crippen molar-refractivity contribution in [3.8, 4) is 0 Å². The molecule has 9 heteroatoms. The summed E-state index contributed by atoms with van der Waals surface area (Å²) in [6.07, 6.45) is 3.83. The normalized spacial score (nSPS) is 21.9. The molecule has 0 unspecified atom stereocenters. The molecule has 2 aromatic rings. The summed E-state index contributed by atoms with van der Waals surface area (Å²) >= 11 is 0. The lowest BCUT2D eigenvalue weighted by molar-refractivity contribution is 0.0730. The molecule has 0 atom stereocenters. The highest BCUT2D eigenvalue weighted by atomic mass is 32.2. The summed E-state index contributed by atoms with van der Waals surface area (Å²) < 4.78 is 39.0. The molecule has 5 rings (SSSR count). The van der Waals surface area contributed by atoms with Gasteiger partial charge in [-0.2, -0.15) is 4.31 Å². The van der Waals surface area contributed by atoms with Crippen LogP contribution in [0.25, 0.3) is 0 Å². The number of sulfonamides is 1. The standard InChI is InChI=1S/C27H34N4O4S/c1-27(2)22-6-4-5-7-24(22)29(3)26(27)10-11-28-23-20-21(36(32,33)31-14-18-35-19-15-31)8-9-25(23)30-12-16-34-17-13-30/h4-11,20H,12-19H2,1-3H3/b26-10-,28-11?. The van der Waals surface area contributed by atoms with Gasteiger partial charge in [0, 0.05) is 56.2 Å². The van der Waals surface area contributed by atoms with Crippen molar-refractivity contribution in [2.75, 3.05) is 69.5 Å². The van der Waals surface area contributed by atoms with Crippen LogP contribution < -0.4 is 9.80 Å². The summed E-state index contributed by atoms with van der Waals surface area (Å²) in [6.45, 7) is 8.73. The van der Waals surface area contributed by atoms with E-state index in [1.54, 1.807) is 18.3 Å². The van der Waals surface area contributed by atoms with Gasteiger partial charge >= 0.3 is 0 Å². The molecule has 0 aromatic heterocycles. The van der Waals surface area contributed by atoms with Crippen molar-refractivity contribution in [1.82, 2.24) is 4.31 Å². The van der Waals surface area contributed by atoms with E-state index in [1.807, 2.05) is 12.1 Å². The van der Waals surface area contributed by atoms with Gasteiger partial charge in [0.2, 0.25) is 10.0 Å². The average Bonchev–Trinajstić information content (AvgIpc) is 3.10. The third-order valence-electron chi connectivity index (χ3n) is 7.29. The molecule has 0 radical (unpaired) electrons. The van der Waals surface area contributed by atoms with E-state index in [1.165, 1.54) is 15.6 Å². The molecule has 8 nitrogen and oxygen atoms in total. The van der Waals surface area contributed by atoms with E-state index in [-0.39, 0.29) is 10.3 Å². The van der Waals surface area contributed by atoms with Crippen LogP contribution in [0.1, 0.15) is 19.4 Å². The molecule has 0 spiro atoms. The zero-order valence-electron chi connectivity index (χ0n) is 21.2. The predicted octanol–water partition coefficient (Wildman–Crippen LogP) is 3.56. The van der Waals surface area contributed by atoms with Crippen LogP contribution >= 0.6 is 0 Å². The number of benzene rings is 2. The van der Waals surface area contributed by atoms with Crippen molar-refractivity contribution in [2.24, 2.45) is 4.99 Å². The Morgan fingerprint density at radius 2 is 1.58 bits per heavy atom. The minimum Gasteiger partial charge on any atom is -0.379 e. The van der Waals surface area contributed by atoms with Crippen LogP contribution in [0.2, 0.25) is 0 Å². The maximum absolute atomic E-state index is 13.3.